The number of anilines is 3. The number of ether oxygens (including phenoxy) is 1. The molecule has 2 aromatic carbocycles. The number of nitrogens with two attached hydrogens (primary N) is 1. The van der Waals surface area contributed by atoms with E-state index in [-0.39, 0.29) is 18.0 Å². The van der Waals surface area contributed by atoms with Gasteiger partial charge in [-0.05, 0) is 49.4 Å². The number of piperidine rings is 2. The van der Waals surface area contributed by atoms with E-state index in [0.717, 1.165) is 86.7 Å². The summed E-state index contributed by atoms with van der Waals surface area (Å²) in [5.74, 6) is 0.622. The molecule has 2 amide bonds. The second kappa shape index (κ2) is 12.4. The van der Waals surface area contributed by atoms with Gasteiger partial charge in [0.05, 0.1) is 30.0 Å². The van der Waals surface area contributed by atoms with Crippen molar-refractivity contribution < 1.29 is 14.3 Å². The maximum Gasteiger partial charge on any atom is 0.329 e. The fourth-order valence-corrected chi connectivity index (χ4v) is 7.50. The Morgan fingerprint density at radius 3 is 2.38 bits per heavy atom. The number of fused-ring (bicyclic) bond motifs is 1. The molecule has 0 bridgehead atoms. The third kappa shape index (κ3) is 5.84. The molecule has 13 heteroatoms. The van der Waals surface area contributed by atoms with Crippen molar-refractivity contribution in [1.82, 2.24) is 29.1 Å². The quantitative estimate of drug-likeness (QED) is 0.230. The number of rotatable bonds is 7. The SMILES string of the molecule is COc1cc(N2CCC(CN3CCN(c4ccc5c(c4)n(C)c(=O)n5C4CCC(=O)NC4=O)CC3)CC2)c(-c2cnn(C)c2)cc1N. The zero-order valence-corrected chi connectivity index (χ0v) is 27.3. The number of carbonyl (C=O) groups excluding carboxylic acids is 2. The van der Waals surface area contributed by atoms with E-state index in [9.17, 15) is 14.4 Å². The summed E-state index contributed by atoms with van der Waals surface area (Å²) in [5.41, 5.74) is 12.5. The molecule has 0 saturated carbocycles. The first kappa shape index (κ1) is 30.9. The van der Waals surface area contributed by atoms with Gasteiger partial charge in [0.25, 0.3) is 0 Å². The van der Waals surface area contributed by atoms with Crippen LogP contribution in [-0.2, 0) is 23.7 Å². The molecule has 4 aromatic rings. The Kier molecular flexibility index (Phi) is 8.16. The number of aromatic nitrogens is 4. The van der Waals surface area contributed by atoms with E-state index in [1.807, 2.05) is 42.3 Å². The van der Waals surface area contributed by atoms with Gasteiger partial charge in [0.1, 0.15) is 11.8 Å². The first-order valence-corrected chi connectivity index (χ1v) is 16.4. The normalized spacial score (nSPS) is 19.9. The number of imide groups is 1. The molecule has 1 atom stereocenters. The minimum absolute atomic E-state index is 0.228. The first-order valence-electron chi connectivity index (χ1n) is 16.4. The molecule has 248 valence electrons. The fourth-order valence-electron chi connectivity index (χ4n) is 7.50. The van der Waals surface area contributed by atoms with E-state index in [1.165, 1.54) is 4.57 Å². The number of hydrogen-bond donors (Lipinski definition) is 2. The minimum atomic E-state index is -0.678. The van der Waals surface area contributed by atoms with Crippen molar-refractivity contribution in [2.45, 2.75) is 31.7 Å². The average molecular weight is 642 g/mol. The molecule has 0 aliphatic carbocycles. The summed E-state index contributed by atoms with van der Waals surface area (Å²) in [7, 11) is 5.32. The van der Waals surface area contributed by atoms with Crippen molar-refractivity contribution in [1.29, 1.82) is 0 Å². The topological polar surface area (TPSA) is 136 Å². The molecule has 3 aliphatic heterocycles. The van der Waals surface area contributed by atoms with Gasteiger partial charge in [0, 0.05) is 101 Å². The highest BCUT2D eigenvalue weighted by atomic mass is 16.5. The molecule has 13 nitrogen and oxygen atoms in total. The third-order valence-corrected chi connectivity index (χ3v) is 10.2. The van der Waals surface area contributed by atoms with Gasteiger partial charge in [-0.25, -0.2) is 4.79 Å². The predicted octanol–water partition coefficient (Wildman–Crippen LogP) is 2.35. The van der Waals surface area contributed by atoms with E-state index in [0.29, 0.717) is 29.3 Å². The molecular weight excluding hydrogens is 598 g/mol. The zero-order valence-electron chi connectivity index (χ0n) is 27.3. The highest BCUT2D eigenvalue weighted by Gasteiger charge is 2.32. The molecule has 3 fully saturated rings. The number of carbonyl (C=O) groups is 2. The monoisotopic (exact) mass is 641 g/mol. The lowest BCUT2D eigenvalue weighted by Crippen LogP contribution is -2.49. The largest absolute Gasteiger partial charge is 0.495 e. The zero-order chi connectivity index (χ0) is 32.8. The van der Waals surface area contributed by atoms with Crippen LogP contribution in [0.2, 0.25) is 0 Å². The number of nitrogens with one attached hydrogen (secondary N) is 1. The Morgan fingerprint density at radius 2 is 1.70 bits per heavy atom. The van der Waals surface area contributed by atoms with Crippen molar-refractivity contribution in [3.8, 4) is 16.9 Å². The number of methoxy groups -OCH3 is 1. The van der Waals surface area contributed by atoms with Crippen LogP contribution in [0.5, 0.6) is 5.75 Å². The lowest BCUT2D eigenvalue weighted by atomic mass is 9.94. The van der Waals surface area contributed by atoms with Gasteiger partial charge in [0.15, 0.2) is 0 Å². The van der Waals surface area contributed by atoms with Crippen LogP contribution >= 0.6 is 0 Å². The standard InChI is InChI=1S/C34H43N9O4/c1-38-21-23(19-36-38)25-17-26(35)31(47-3)18-29(25)42-10-8-22(9-11-42)20-40-12-14-41(15-13-40)24-4-5-27-30(16-24)39(2)34(46)43(27)28-6-7-32(44)37-33(28)45/h4-5,16-19,21-22,28H,6-15,20,35H2,1-3H3,(H,37,44,45). The number of piperazine rings is 1. The summed E-state index contributed by atoms with van der Waals surface area (Å²) in [5, 5.41) is 6.75. The lowest BCUT2D eigenvalue weighted by molar-refractivity contribution is -0.135. The van der Waals surface area contributed by atoms with Gasteiger partial charge in [-0.2, -0.15) is 5.10 Å². The van der Waals surface area contributed by atoms with Gasteiger partial charge >= 0.3 is 5.69 Å². The maximum atomic E-state index is 13.2. The minimum Gasteiger partial charge on any atom is -0.495 e. The molecule has 0 radical (unpaired) electrons. The van der Waals surface area contributed by atoms with Crippen molar-refractivity contribution in [2.24, 2.45) is 20.0 Å². The molecule has 3 aliphatic rings. The smallest absolute Gasteiger partial charge is 0.329 e. The van der Waals surface area contributed by atoms with Gasteiger partial charge in [-0.15, -0.1) is 0 Å². The second-order valence-electron chi connectivity index (χ2n) is 13.1. The van der Waals surface area contributed by atoms with Crippen LogP contribution < -0.4 is 31.3 Å². The molecule has 2 aromatic heterocycles. The van der Waals surface area contributed by atoms with E-state index < -0.39 is 11.9 Å². The highest BCUT2D eigenvalue weighted by molar-refractivity contribution is 6.00. The van der Waals surface area contributed by atoms with Crippen LogP contribution in [0.25, 0.3) is 22.2 Å². The van der Waals surface area contributed by atoms with Gasteiger partial charge < -0.3 is 20.3 Å². The number of nitrogen functional groups attached to an aromatic ring is 1. The summed E-state index contributed by atoms with van der Waals surface area (Å²) in [4.78, 5) is 44.8. The molecule has 3 saturated heterocycles. The average Bonchev–Trinajstić information content (AvgIpc) is 3.61. The first-order chi connectivity index (χ1) is 22.7. The van der Waals surface area contributed by atoms with Crippen LogP contribution in [-0.4, -0.2) is 88.6 Å². The number of amides is 2. The van der Waals surface area contributed by atoms with Gasteiger partial charge in [0.2, 0.25) is 11.8 Å². The summed E-state index contributed by atoms with van der Waals surface area (Å²) in [6, 6.07) is 9.42. The number of imidazole rings is 1. The maximum absolute atomic E-state index is 13.2. The predicted molar refractivity (Wildman–Crippen MR) is 182 cm³/mol. The molecule has 7 rings (SSSR count). The molecule has 1 unspecified atom stereocenters. The third-order valence-electron chi connectivity index (χ3n) is 10.2. The van der Waals surface area contributed by atoms with Crippen molar-refractivity contribution in [2.75, 3.05) is 68.5 Å². The second-order valence-corrected chi connectivity index (χ2v) is 13.1. The van der Waals surface area contributed by atoms with Crippen molar-refractivity contribution >= 4 is 39.9 Å². The Hall–Kier alpha value is -4.78. The van der Waals surface area contributed by atoms with Crippen LogP contribution in [0.3, 0.4) is 0 Å². The van der Waals surface area contributed by atoms with Crippen molar-refractivity contribution in [3.05, 3.63) is 53.2 Å². The summed E-state index contributed by atoms with van der Waals surface area (Å²) in [6.45, 7) is 6.82. The molecule has 3 N–H and O–H groups in total. The number of nitrogens with zero attached hydrogens (tertiary/aromatic N) is 7. The lowest BCUT2D eigenvalue weighted by Gasteiger charge is -2.40. The fraction of sp³-hybridized carbons (Fsp3) is 0.471. The van der Waals surface area contributed by atoms with Gasteiger partial charge in [-0.3, -0.25) is 33.6 Å². The molecule has 5 heterocycles. The molecular formula is C34H43N9O4. The van der Waals surface area contributed by atoms with Crippen LogP contribution in [0.1, 0.15) is 31.7 Å². The Bertz CT molecular complexity index is 1880. The Labute approximate surface area is 273 Å². The van der Waals surface area contributed by atoms with Crippen molar-refractivity contribution in [3.63, 3.8) is 0 Å². The van der Waals surface area contributed by atoms with Crippen LogP contribution in [0, 0.1) is 5.92 Å². The highest BCUT2D eigenvalue weighted by Crippen LogP contribution is 2.39. The number of hydrogen-bond acceptors (Lipinski definition) is 9. The molecule has 47 heavy (non-hydrogen) atoms. The van der Waals surface area contributed by atoms with Gasteiger partial charge in [-0.1, -0.05) is 0 Å². The summed E-state index contributed by atoms with van der Waals surface area (Å²) in [6.07, 6.45) is 6.70. The molecule has 0 spiro atoms. The van der Waals surface area contributed by atoms with E-state index >= 15 is 0 Å². The number of aryl methyl sites for hydroxylation is 2. The van der Waals surface area contributed by atoms with E-state index in [2.05, 4.69) is 37.2 Å². The summed E-state index contributed by atoms with van der Waals surface area (Å²) >= 11 is 0. The van der Waals surface area contributed by atoms with Crippen LogP contribution in [0.4, 0.5) is 17.1 Å². The number of benzene rings is 2. The Morgan fingerprint density at radius 1 is 0.936 bits per heavy atom. The van der Waals surface area contributed by atoms with E-state index in [4.69, 9.17) is 10.5 Å². The summed E-state index contributed by atoms with van der Waals surface area (Å²) < 4.78 is 10.5. The van der Waals surface area contributed by atoms with E-state index in [1.54, 1.807) is 18.7 Å². The Balaban J connectivity index is 0.973. The van der Waals surface area contributed by atoms with Crippen LogP contribution in [0.15, 0.2) is 47.5 Å².